The summed E-state index contributed by atoms with van der Waals surface area (Å²) < 4.78 is 58.9. The summed E-state index contributed by atoms with van der Waals surface area (Å²) in [5.41, 5.74) is 9.47. The topological polar surface area (TPSA) is 343 Å². The van der Waals surface area contributed by atoms with Crippen molar-refractivity contribution >= 4 is 168 Å². The minimum atomic E-state index is -3.63. The van der Waals surface area contributed by atoms with E-state index in [4.69, 9.17) is 25.8 Å². The van der Waals surface area contributed by atoms with Crippen molar-refractivity contribution in [2.75, 3.05) is 45.9 Å². The number of thiocarbonyl (C=S) groups is 1. The van der Waals surface area contributed by atoms with Crippen molar-refractivity contribution in [3.63, 3.8) is 0 Å². The second kappa shape index (κ2) is 29.1. The fraction of sp³-hybridized carbons (Fsp3) is 0.139. The monoisotopic (exact) mass is 1490 g/mol. The normalized spacial score (nSPS) is 16.8. The summed E-state index contributed by atoms with van der Waals surface area (Å²) in [4.78, 5) is 111. The second-order valence-corrected chi connectivity index (χ2v) is 30.2. The number of likely N-dealkylation sites (N-methyl/N-ethyl adjacent to an activating group) is 1. The Labute approximate surface area is 616 Å². The van der Waals surface area contributed by atoms with Crippen molar-refractivity contribution in [1.29, 1.82) is 0 Å². The van der Waals surface area contributed by atoms with Crippen molar-refractivity contribution in [2.24, 2.45) is 0 Å². The number of anilines is 5. The summed E-state index contributed by atoms with van der Waals surface area (Å²) in [6.45, 7) is 3.36. The number of aromatic carboxylic acids is 1. The maximum absolute atomic E-state index is 14.1. The number of H-pyrrole nitrogens is 1. The Kier molecular flexibility index (Phi) is 19.3. The fourth-order valence-electron chi connectivity index (χ4n) is 14.0. The van der Waals surface area contributed by atoms with Gasteiger partial charge in [-0.1, -0.05) is 60.2 Å². The molecule has 11 aromatic rings. The molecule has 107 heavy (non-hydrogen) atoms. The number of furan rings is 2. The lowest BCUT2D eigenvalue weighted by molar-refractivity contribution is -0.121. The zero-order valence-corrected chi connectivity index (χ0v) is 59.7. The molecule has 3 atom stereocenters. The Hall–Kier alpha value is -12.8. The van der Waals surface area contributed by atoms with E-state index in [1.807, 2.05) is 36.4 Å². The summed E-state index contributed by atoms with van der Waals surface area (Å²) in [7, 11) is -2.98. The molecule has 4 aliphatic heterocycles. The van der Waals surface area contributed by atoms with E-state index < -0.39 is 55.1 Å². The molecule has 6 N–H and O–H groups in total. The van der Waals surface area contributed by atoms with Crippen LogP contribution in [0.25, 0.3) is 49.5 Å². The van der Waals surface area contributed by atoms with Crippen molar-refractivity contribution in [2.45, 2.75) is 60.1 Å². The predicted molar refractivity (Wildman–Crippen MR) is 410 cm³/mol. The molecular weight excluding hydrogens is 1430 g/mol. The Morgan fingerprint density at radius 3 is 2.18 bits per heavy atom. The summed E-state index contributed by atoms with van der Waals surface area (Å²) in [5.74, 6) is 1.48. The number of rotatable bonds is 13. The van der Waals surface area contributed by atoms with Crippen molar-refractivity contribution in [3.05, 3.63) is 245 Å². The van der Waals surface area contributed by atoms with Crippen LogP contribution in [0.4, 0.5) is 28.4 Å². The highest BCUT2D eigenvalue weighted by atomic mass is 32.2. The smallest absolute Gasteiger partial charge is 0.335 e. The van der Waals surface area contributed by atoms with Crippen LogP contribution in [0.1, 0.15) is 85.1 Å². The number of aryl methyl sites for hydroxylation is 1. The number of hydrogen-bond donors (Lipinski definition) is 6. The van der Waals surface area contributed by atoms with Crippen molar-refractivity contribution in [3.8, 4) is 5.88 Å². The maximum atomic E-state index is 14.1. The zero-order chi connectivity index (χ0) is 75.2. The van der Waals surface area contributed by atoms with Gasteiger partial charge in [-0.15, -0.1) is 0 Å². The number of ether oxygens (including phenoxy) is 1. The van der Waals surface area contributed by atoms with E-state index in [9.17, 15) is 56.1 Å². The van der Waals surface area contributed by atoms with Crippen LogP contribution < -0.4 is 35.2 Å². The molecular formula is C79H64N10O15S3. The van der Waals surface area contributed by atoms with E-state index in [1.54, 1.807) is 48.5 Å². The van der Waals surface area contributed by atoms with Crippen LogP contribution in [-0.2, 0) is 62.1 Å². The minimum absolute atomic E-state index is 0.0348. The fourth-order valence-corrected chi connectivity index (χ4v) is 16.9. The summed E-state index contributed by atoms with van der Waals surface area (Å²) in [5, 5.41) is 22.8. The van der Waals surface area contributed by atoms with Crippen LogP contribution in [0.3, 0.4) is 0 Å². The first-order valence-electron chi connectivity index (χ1n) is 33.4. The quantitative estimate of drug-likeness (QED) is 0.0270. The minimum Gasteiger partial charge on any atom is -0.481 e. The lowest BCUT2D eigenvalue weighted by atomic mass is 9.77. The van der Waals surface area contributed by atoms with Crippen LogP contribution in [0.5, 0.6) is 5.88 Å². The lowest BCUT2D eigenvalue weighted by Gasteiger charge is -2.40. The summed E-state index contributed by atoms with van der Waals surface area (Å²) in [6, 6.07) is 40.1. The number of hydrogen-bond acceptors (Lipinski definition) is 18. The Morgan fingerprint density at radius 1 is 0.785 bits per heavy atom. The predicted octanol–water partition coefficient (Wildman–Crippen LogP) is 11.8. The van der Waals surface area contributed by atoms with Gasteiger partial charge in [-0.25, -0.2) is 37.2 Å². The van der Waals surface area contributed by atoms with E-state index in [0.717, 1.165) is 92.9 Å². The molecule has 25 nitrogen and oxygen atoms in total. The van der Waals surface area contributed by atoms with Crippen LogP contribution >= 0.6 is 12.2 Å². The number of carboxylic acids is 1. The van der Waals surface area contributed by atoms with Crippen LogP contribution in [0.2, 0.25) is 0 Å². The van der Waals surface area contributed by atoms with Crippen LogP contribution in [-0.4, -0.2) is 123 Å². The van der Waals surface area contributed by atoms with Gasteiger partial charge in [0.2, 0.25) is 11.8 Å². The molecule has 6 aliphatic rings. The largest absolute Gasteiger partial charge is 0.481 e. The summed E-state index contributed by atoms with van der Waals surface area (Å²) in [6.07, 6.45) is 17.6. The second-order valence-electron chi connectivity index (χ2n) is 25.8. The average Bonchev–Trinajstić information content (AvgIpc) is 1.64. The van der Waals surface area contributed by atoms with Gasteiger partial charge >= 0.3 is 5.97 Å². The molecule has 0 fully saturated rings. The number of aromatic nitrogens is 3. The number of methoxy groups -OCH3 is 1. The lowest BCUT2D eigenvalue weighted by Crippen LogP contribution is -2.43. The highest BCUT2D eigenvalue weighted by molar-refractivity contribution is 8.01. The van der Waals surface area contributed by atoms with Gasteiger partial charge in [0.1, 0.15) is 23.4 Å². The molecule has 4 aromatic heterocycles. The number of benzene rings is 7. The van der Waals surface area contributed by atoms with Crippen LogP contribution in [0, 0.1) is 0 Å². The van der Waals surface area contributed by atoms with Gasteiger partial charge in [-0.2, -0.15) is 0 Å². The molecule has 0 saturated carbocycles. The van der Waals surface area contributed by atoms with Gasteiger partial charge in [-0.3, -0.25) is 43.8 Å². The summed E-state index contributed by atoms with van der Waals surface area (Å²) >= 11 is 5.10. The number of imide groups is 2. The maximum Gasteiger partial charge on any atom is 0.335 e. The number of ketones is 1. The molecule has 6 amide bonds. The van der Waals surface area contributed by atoms with E-state index in [1.165, 1.54) is 90.1 Å². The third kappa shape index (κ3) is 14.4. The van der Waals surface area contributed by atoms with E-state index in [2.05, 4.69) is 90.8 Å². The Morgan fingerprint density at radius 2 is 1.49 bits per heavy atom. The highest BCUT2D eigenvalue weighted by Crippen LogP contribution is 2.44. The van der Waals surface area contributed by atoms with Crippen molar-refractivity contribution < 1.29 is 69.7 Å². The van der Waals surface area contributed by atoms with Gasteiger partial charge in [0.15, 0.2) is 20.7 Å². The molecule has 8 heterocycles. The van der Waals surface area contributed by atoms with E-state index >= 15 is 0 Å². The third-order valence-electron chi connectivity index (χ3n) is 18.7. The van der Waals surface area contributed by atoms with E-state index in [-0.39, 0.29) is 50.3 Å². The first-order valence-corrected chi connectivity index (χ1v) is 37.2. The SMILES string of the molecule is C=S(=O)(Nc1cc2c3c(oc2c2ccccc12)CCCC3=O)c1ccc2c3c(cccc13)C(=O)N2.CC1=C[C@@H]2c3cccc4[nH]cc(c34)CC2N(C)C1.COc1cc(CS(=O)(=O)c2ccc(NC(=S)NC(=O)/C=C/c3ccco3)cc2)ncn1.O=C(O)c1cc(N2C(=O)C=CC2=O)cc(N2C(=O)C=CC2=O)c1. The number of Topliss-reactive ketones (excluding diaryl/α,β-unsaturated/α-hetero) is 1. The number of nitrogens with zero attached hydrogens (tertiary/aromatic N) is 5. The molecule has 0 radical (unpaired) electrons. The molecule has 7 aromatic carbocycles. The van der Waals surface area contributed by atoms with Gasteiger partial charge in [0.25, 0.3) is 29.5 Å². The standard InChI is InChI=1S/C28H20N2O4S.C20H18N4O5S2.C16H18N2.C15H8N2O6/c1-35(33,24-13-12-20-25-17(24)8-4-9-18(25)28(32)29-20)30-21-14-19-26-22(31)10-5-11-23(26)34-27(19)16-7-3-2-6-15(16)21;1-28-19-11-15(21-13-22-19)12-31(26,27)17-7-4-14(5-8-17)23-20(30)24-18(25)9-6-16-3-2-10-29-16;1-10-6-13-12-4-3-5-14-16(12)11(8-17-14)7-15(13)18(2)9-10;18-11-1-2-12(19)16(11)9-5-8(15(22)23)6-10(7-9)17-13(20)3-4-14(17)21/h2-4,6-9,12-14H,1,5,10-11H2,(H,29,32)(H,30,33);2-11,13H,12H2,1H3,(H2,23,24,25,30);3-6,8,13,15,17H,7,9H2,1-2H3;1-7H,(H,22,23)/b;9-6+;;/t;;13-,15?;/m..1./s1. The Balaban J connectivity index is 0.000000123. The molecule has 0 spiro atoms. The third-order valence-corrected chi connectivity index (χ3v) is 22.2. The first kappa shape index (κ1) is 71.2. The van der Waals surface area contributed by atoms with Gasteiger partial charge in [0, 0.05) is 129 Å². The average molecular weight is 1490 g/mol. The number of sulfone groups is 1. The molecule has 0 saturated heterocycles. The number of amides is 6. The van der Waals surface area contributed by atoms with Gasteiger partial charge in [-0.05, 0) is 147 Å². The zero-order valence-electron chi connectivity index (χ0n) is 57.3. The van der Waals surface area contributed by atoms with Crippen molar-refractivity contribution in [1.82, 2.24) is 25.2 Å². The number of carboxylic acid groups (broad SMARTS) is 1. The highest BCUT2D eigenvalue weighted by Gasteiger charge is 2.36. The molecule has 17 rings (SSSR count). The van der Waals surface area contributed by atoms with E-state index in [0.29, 0.717) is 73.9 Å². The number of carbonyl (C=O) groups excluding carboxylic acids is 7. The molecule has 2 aliphatic carbocycles. The number of aromatic amines is 1. The first-order chi connectivity index (χ1) is 51.4. The molecule has 2 unspecified atom stereocenters. The molecule has 0 bridgehead atoms. The van der Waals surface area contributed by atoms with Gasteiger partial charge < -0.3 is 39.0 Å². The molecule has 538 valence electrons. The van der Waals surface area contributed by atoms with Crippen LogP contribution in [0.15, 0.2) is 219 Å². The number of nitrogens with one attached hydrogen (secondary N) is 5. The number of fused-ring (bicyclic) bond motifs is 7. The number of carbonyl (C=O) groups is 8. The Bertz CT molecular complexity index is 5880. The molecule has 28 heteroatoms. The van der Waals surface area contributed by atoms with Gasteiger partial charge in [0.05, 0.1) is 72.5 Å².